The molecule has 0 amide bonds. The van der Waals surface area contributed by atoms with Crippen LogP contribution >= 0.6 is 0 Å². The number of benzene rings is 3. The van der Waals surface area contributed by atoms with E-state index in [1.54, 1.807) is 30.3 Å². The third-order valence-corrected chi connectivity index (χ3v) is 3.32. The molecule has 3 aromatic rings. The molecule has 0 spiro atoms. The first-order valence-electron chi connectivity index (χ1n) is 6.68. The molecule has 3 aromatic carbocycles. The molecule has 0 aliphatic heterocycles. The molecule has 3 rings (SSSR count). The monoisotopic (exact) mass is 278 g/mol. The third kappa shape index (κ3) is 2.72. The maximum Gasteiger partial charge on any atom is 0.349 e. The van der Waals surface area contributed by atoms with Gasteiger partial charge >= 0.3 is 5.97 Å². The Hall–Kier alpha value is -2.81. The molecular formula is C18H14O3. The highest BCUT2D eigenvalue weighted by Gasteiger charge is 2.22. The van der Waals surface area contributed by atoms with Gasteiger partial charge in [-0.25, -0.2) is 4.79 Å². The van der Waals surface area contributed by atoms with Gasteiger partial charge in [0.15, 0.2) is 0 Å². The summed E-state index contributed by atoms with van der Waals surface area (Å²) in [5.41, 5.74) is 0.623. The Morgan fingerprint density at radius 3 is 2.29 bits per heavy atom. The average Bonchev–Trinajstić information content (AvgIpc) is 2.53. The minimum absolute atomic E-state index is 0.573. The van der Waals surface area contributed by atoms with Gasteiger partial charge in [-0.3, -0.25) is 0 Å². The normalized spacial score (nSPS) is 12.0. The predicted molar refractivity (Wildman–Crippen MR) is 81.4 cm³/mol. The molecule has 0 saturated heterocycles. The summed E-state index contributed by atoms with van der Waals surface area (Å²) in [5.74, 6) is -0.432. The number of hydrogen-bond donors (Lipinski definition) is 1. The summed E-state index contributed by atoms with van der Waals surface area (Å²) in [5, 5.41) is 11.4. The van der Waals surface area contributed by atoms with Gasteiger partial charge in [-0.1, -0.05) is 66.7 Å². The van der Waals surface area contributed by atoms with Crippen molar-refractivity contribution in [2.45, 2.75) is 6.10 Å². The first-order valence-corrected chi connectivity index (χ1v) is 6.68. The standard InChI is InChI=1S/C18H14O3/c19-18(20)17(14-8-2-1-3-9-14)21-16-12-6-10-13-7-4-5-11-15(13)16/h1-12,17H,(H,19,20). The molecule has 1 atom stereocenters. The van der Waals surface area contributed by atoms with E-state index in [1.165, 1.54) is 0 Å². The minimum atomic E-state index is -1.02. The van der Waals surface area contributed by atoms with Crippen LogP contribution in [-0.2, 0) is 4.79 Å². The van der Waals surface area contributed by atoms with Crippen LogP contribution in [0.1, 0.15) is 11.7 Å². The smallest absolute Gasteiger partial charge is 0.349 e. The summed E-state index contributed by atoms with van der Waals surface area (Å²) in [4.78, 5) is 11.5. The second-order valence-corrected chi connectivity index (χ2v) is 4.72. The van der Waals surface area contributed by atoms with Crippen LogP contribution in [-0.4, -0.2) is 11.1 Å². The number of aliphatic carboxylic acids is 1. The molecule has 1 N–H and O–H groups in total. The van der Waals surface area contributed by atoms with Crippen LogP contribution in [0.3, 0.4) is 0 Å². The summed E-state index contributed by atoms with van der Waals surface area (Å²) in [6.45, 7) is 0. The van der Waals surface area contributed by atoms with Crippen molar-refractivity contribution in [3.63, 3.8) is 0 Å². The molecular weight excluding hydrogens is 264 g/mol. The fourth-order valence-electron chi connectivity index (χ4n) is 2.31. The van der Waals surface area contributed by atoms with E-state index in [1.807, 2.05) is 42.5 Å². The van der Waals surface area contributed by atoms with E-state index in [9.17, 15) is 9.90 Å². The van der Waals surface area contributed by atoms with E-state index in [0.29, 0.717) is 11.3 Å². The Balaban J connectivity index is 2.01. The van der Waals surface area contributed by atoms with Crippen molar-refractivity contribution in [1.82, 2.24) is 0 Å². The van der Waals surface area contributed by atoms with Crippen LogP contribution < -0.4 is 4.74 Å². The zero-order valence-corrected chi connectivity index (χ0v) is 11.3. The first kappa shape index (κ1) is 13.2. The number of carboxylic acid groups (broad SMARTS) is 1. The van der Waals surface area contributed by atoms with Gasteiger partial charge in [0, 0.05) is 10.9 Å². The second-order valence-electron chi connectivity index (χ2n) is 4.72. The molecule has 21 heavy (non-hydrogen) atoms. The van der Waals surface area contributed by atoms with Gasteiger partial charge in [0.05, 0.1) is 0 Å². The maximum atomic E-state index is 11.5. The van der Waals surface area contributed by atoms with Crippen molar-refractivity contribution in [2.75, 3.05) is 0 Å². The summed E-state index contributed by atoms with van der Waals surface area (Å²) in [6, 6.07) is 22.3. The van der Waals surface area contributed by atoms with E-state index in [4.69, 9.17) is 4.74 Å². The highest BCUT2D eigenvalue weighted by Crippen LogP contribution is 2.29. The number of ether oxygens (including phenoxy) is 1. The van der Waals surface area contributed by atoms with Gasteiger partial charge in [-0.05, 0) is 11.5 Å². The third-order valence-electron chi connectivity index (χ3n) is 3.32. The lowest BCUT2D eigenvalue weighted by atomic mass is 10.1. The second kappa shape index (κ2) is 5.67. The van der Waals surface area contributed by atoms with Gasteiger partial charge in [0.25, 0.3) is 0 Å². The molecule has 0 aliphatic rings. The van der Waals surface area contributed by atoms with E-state index in [0.717, 1.165) is 10.8 Å². The molecule has 0 fully saturated rings. The Morgan fingerprint density at radius 2 is 1.52 bits per heavy atom. The zero-order valence-electron chi connectivity index (χ0n) is 11.3. The lowest BCUT2D eigenvalue weighted by Gasteiger charge is -2.17. The molecule has 0 radical (unpaired) electrons. The van der Waals surface area contributed by atoms with Crippen LogP contribution in [0.5, 0.6) is 5.75 Å². The lowest BCUT2D eigenvalue weighted by molar-refractivity contribution is -0.145. The van der Waals surface area contributed by atoms with E-state index >= 15 is 0 Å². The Kier molecular flexibility index (Phi) is 3.56. The number of carboxylic acids is 1. The summed E-state index contributed by atoms with van der Waals surface area (Å²) in [7, 11) is 0. The van der Waals surface area contributed by atoms with E-state index in [-0.39, 0.29) is 0 Å². The molecule has 3 heteroatoms. The van der Waals surface area contributed by atoms with Crippen LogP contribution in [0.15, 0.2) is 72.8 Å². The fraction of sp³-hybridized carbons (Fsp3) is 0.0556. The number of hydrogen-bond acceptors (Lipinski definition) is 2. The molecule has 0 aliphatic carbocycles. The topological polar surface area (TPSA) is 46.5 Å². The Bertz CT molecular complexity index is 760. The summed E-state index contributed by atoms with van der Waals surface area (Å²) >= 11 is 0. The highest BCUT2D eigenvalue weighted by atomic mass is 16.5. The maximum absolute atomic E-state index is 11.5. The SMILES string of the molecule is O=C(O)C(Oc1cccc2ccccc12)c1ccccc1. The Labute approximate surface area is 122 Å². The Morgan fingerprint density at radius 1 is 0.857 bits per heavy atom. The van der Waals surface area contributed by atoms with Gasteiger partial charge in [-0.2, -0.15) is 0 Å². The number of fused-ring (bicyclic) bond motifs is 1. The van der Waals surface area contributed by atoms with Gasteiger partial charge < -0.3 is 9.84 Å². The molecule has 3 nitrogen and oxygen atoms in total. The van der Waals surface area contributed by atoms with Crippen molar-refractivity contribution >= 4 is 16.7 Å². The van der Waals surface area contributed by atoms with Crippen LogP contribution in [0.4, 0.5) is 0 Å². The lowest BCUT2D eigenvalue weighted by Crippen LogP contribution is -2.18. The van der Waals surface area contributed by atoms with Crippen LogP contribution in [0, 0.1) is 0 Å². The summed E-state index contributed by atoms with van der Waals surface area (Å²) in [6.07, 6.45) is -1.02. The number of carbonyl (C=O) groups is 1. The largest absolute Gasteiger partial charge is 0.478 e. The fourth-order valence-corrected chi connectivity index (χ4v) is 2.31. The van der Waals surface area contributed by atoms with Gasteiger partial charge in [0.2, 0.25) is 6.10 Å². The molecule has 0 heterocycles. The van der Waals surface area contributed by atoms with Crippen molar-refractivity contribution in [3.05, 3.63) is 78.4 Å². The molecule has 0 bridgehead atoms. The molecule has 0 aromatic heterocycles. The van der Waals surface area contributed by atoms with Gasteiger partial charge in [0.1, 0.15) is 5.75 Å². The quantitative estimate of drug-likeness (QED) is 0.783. The van der Waals surface area contributed by atoms with Crippen LogP contribution in [0.2, 0.25) is 0 Å². The van der Waals surface area contributed by atoms with E-state index < -0.39 is 12.1 Å². The highest BCUT2D eigenvalue weighted by molar-refractivity contribution is 5.88. The average molecular weight is 278 g/mol. The van der Waals surface area contributed by atoms with Crippen LogP contribution in [0.25, 0.3) is 10.8 Å². The molecule has 104 valence electrons. The van der Waals surface area contributed by atoms with Crippen molar-refractivity contribution < 1.29 is 14.6 Å². The minimum Gasteiger partial charge on any atom is -0.478 e. The number of rotatable bonds is 4. The van der Waals surface area contributed by atoms with Crippen molar-refractivity contribution in [3.8, 4) is 5.75 Å². The van der Waals surface area contributed by atoms with Crippen molar-refractivity contribution in [1.29, 1.82) is 0 Å². The van der Waals surface area contributed by atoms with E-state index in [2.05, 4.69) is 0 Å². The van der Waals surface area contributed by atoms with Gasteiger partial charge in [-0.15, -0.1) is 0 Å². The zero-order chi connectivity index (χ0) is 14.7. The predicted octanol–water partition coefficient (Wildman–Crippen LogP) is 4.04. The summed E-state index contributed by atoms with van der Waals surface area (Å²) < 4.78 is 5.78. The first-order chi connectivity index (χ1) is 10.3. The molecule has 1 unspecified atom stereocenters. The van der Waals surface area contributed by atoms with Crippen molar-refractivity contribution in [2.24, 2.45) is 0 Å². The molecule has 0 saturated carbocycles.